The molecule has 0 saturated carbocycles. The fraction of sp³-hybridized carbons (Fsp3) is 0.462. The van der Waals surface area contributed by atoms with Crippen molar-refractivity contribution in [2.75, 3.05) is 6.54 Å². The molecule has 0 aliphatic rings. The zero-order valence-corrected chi connectivity index (χ0v) is 9.33. The Balaban J connectivity index is 2.67. The lowest BCUT2D eigenvalue weighted by Gasteiger charge is -2.03. The van der Waals surface area contributed by atoms with Crippen molar-refractivity contribution < 1.29 is 4.79 Å². The molecule has 0 bridgehead atoms. The molecule has 0 radical (unpaired) electrons. The van der Waals surface area contributed by atoms with E-state index in [4.69, 9.17) is 5.73 Å². The first-order valence-corrected chi connectivity index (χ1v) is 5.60. The van der Waals surface area contributed by atoms with Gasteiger partial charge in [-0.3, -0.25) is 4.79 Å². The van der Waals surface area contributed by atoms with Crippen LogP contribution in [0.2, 0.25) is 0 Å². The number of carbonyl (C=O) groups is 1. The second kappa shape index (κ2) is 6.36. The molecule has 1 aromatic carbocycles. The van der Waals surface area contributed by atoms with Crippen molar-refractivity contribution in [3.63, 3.8) is 0 Å². The smallest absolute Gasteiger partial charge is 0.162 e. The predicted octanol–water partition coefficient (Wildman–Crippen LogP) is 2.56. The van der Waals surface area contributed by atoms with Crippen molar-refractivity contribution in [1.82, 2.24) is 0 Å². The van der Waals surface area contributed by atoms with Crippen LogP contribution in [0.25, 0.3) is 0 Å². The van der Waals surface area contributed by atoms with E-state index in [9.17, 15) is 4.79 Å². The minimum atomic E-state index is 0.207. The third-order valence-electron chi connectivity index (χ3n) is 2.40. The van der Waals surface area contributed by atoms with Gasteiger partial charge in [-0.05, 0) is 31.0 Å². The SMILES string of the molecule is CCCc1cccc(C(=O)CCCN)c1. The van der Waals surface area contributed by atoms with Crippen LogP contribution in [-0.2, 0) is 6.42 Å². The molecule has 82 valence electrons. The van der Waals surface area contributed by atoms with Gasteiger partial charge in [-0.15, -0.1) is 0 Å². The number of benzene rings is 1. The predicted molar refractivity (Wildman–Crippen MR) is 63.1 cm³/mol. The van der Waals surface area contributed by atoms with Crippen LogP contribution in [0.4, 0.5) is 0 Å². The Morgan fingerprint density at radius 3 is 2.87 bits per heavy atom. The third kappa shape index (κ3) is 3.84. The first kappa shape index (κ1) is 11.9. The largest absolute Gasteiger partial charge is 0.330 e. The Morgan fingerprint density at radius 1 is 1.40 bits per heavy atom. The molecule has 2 nitrogen and oxygen atoms in total. The highest BCUT2D eigenvalue weighted by molar-refractivity contribution is 5.96. The van der Waals surface area contributed by atoms with Crippen molar-refractivity contribution >= 4 is 5.78 Å². The molecule has 1 aromatic rings. The molecule has 15 heavy (non-hydrogen) atoms. The number of Topliss-reactive ketones (excluding diaryl/α,β-unsaturated/α-hetero) is 1. The van der Waals surface area contributed by atoms with Crippen LogP contribution >= 0.6 is 0 Å². The number of hydrogen-bond acceptors (Lipinski definition) is 2. The lowest BCUT2D eigenvalue weighted by molar-refractivity contribution is 0.0980. The number of hydrogen-bond donors (Lipinski definition) is 1. The number of carbonyl (C=O) groups excluding carboxylic acids is 1. The third-order valence-corrected chi connectivity index (χ3v) is 2.40. The van der Waals surface area contributed by atoms with Gasteiger partial charge < -0.3 is 5.73 Å². The highest BCUT2D eigenvalue weighted by Gasteiger charge is 2.05. The maximum absolute atomic E-state index is 11.7. The van der Waals surface area contributed by atoms with E-state index in [2.05, 4.69) is 13.0 Å². The molecule has 0 unspecified atom stereocenters. The standard InChI is InChI=1S/C13H19NO/c1-2-5-11-6-3-7-12(10-11)13(15)8-4-9-14/h3,6-7,10H,2,4-5,8-9,14H2,1H3. The summed E-state index contributed by atoms with van der Waals surface area (Å²) in [7, 11) is 0. The molecule has 0 aliphatic carbocycles. The number of nitrogens with two attached hydrogens (primary N) is 1. The molecule has 0 atom stereocenters. The van der Waals surface area contributed by atoms with E-state index in [-0.39, 0.29) is 5.78 Å². The molecule has 0 fully saturated rings. The molecule has 2 heteroatoms. The van der Waals surface area contributed by atoms with E-state index in [1.54, 1.807) is 0 Å². The van der Waals surface area contributed by atoms with Crippen molar-refractivity contribution in [3.05, 3.63) is 35.4 Å². The van der Waals surface area contributed by atoms with Gasteiger partial charge >= 0.3 is 0 Å². The number of aryl methyl sites for hydroxylation is 1. The van der Waals surface area contributed by atoms with Gasteiger partial charge in [-0.2, -0.15) is 0 Å². The average Bonchev–Trinajstić information content (AvgIpc) is 2.27. The minimum absolute atomic E-state index is 0.207. The van der Waals surface area contributed by atoms with E-state index in [0.29, 0.717) is 13.0 Å². The molecular weight excluding hydrogens is 186 g/mol. The zero-order valence-electron chi connectivity index (χ0n) is 9.33. The Morgan fingerprint density at radius 2 is 2.20 bits per heavy atom. The van der Waals surface area contributed by atoms with Crippen molar-refractivity contribution in [1.29, 1.82) is 0 Å². The zero-order chi connectivity index (χ0) is 11.1. The topological polar surface area (TPSA) is 43.1 Å². The van der Waals surface area contributed by atoms with Crippen LogP contribution in [0.15, 0.2) is 24.3 Å². The van der Waals surface area contributed by atoms with Gasteiger partial charge in [0.15, 0.2) is 5.78 Å². The Bertz CT molecular complexity index is 320. The molecule has 0 aliphatic heterocycles. The van der Waals surface area contributed by atoms with E-state index >= 15 is 0 Å². The number of ketones is 1. The summed E-state index contributed by atoms with van der Waals surface area (Å²) in [5, 5.41) is 0. The lowest BCUT2D eigenvalue weighted by Crippen LogP contribution is -2.05. The fourth-order valence-electron chi connectivity index (χ4n) is 1.60. The van der Waals surface area contributed by atoms with E-state index < -0.39 is 0 Å². The molecular formula is C13H19NO. The Hall–Kier alpha value is -1.15. The average molecular weight is 205 g/mol. The van der Waals surface area contributed by atoms with Gasteiger partial charge in [0.1, 0.15) is 0 Å². The van der Waals surface area contributed by atoms with Gasteiger partial charge in [0.25, 0.3) is 0 Å². The fourth-order valence-corrected chi connectivity index (χ4v) is 1.60. The van der Waals surface area contributed by atoms with E-state index in [1.807, 2.05) is 18.2 Å². The van der Waals surface area contributed by atoms with Crippen LogP contribution in [0.3, 0.4) is 0 Å². The molecule has 1 rings (SSSR count). The Labute approximate surface area is 91.5 Å². The molecule has 0 amide bonds. The summed E-state index contributed by atoms with van der Waals surface area (Å²) >= 11 is 0. The van der Waals surface area contributed by atoms with Gasteiger partial charge in [0.2, 0.25) is 0 Å². The van der Waals surface area contributed by atoms with Crippen LogP contribution in [0.5, 0.6) is 0 Å². The maximum atomic E-state index is 11.7. The molecule has 2 N–H and O–H groups in total. The summed E-state index contributed by atoms with van der Waals surface area (Å²) in [6.07, 6.45) is 3.49. The normalized spacial score (nSPS) is 10.3. The van der Waals surface area contributed by atoms with Crippen LogP contribution in [0, 0.1) is 0 Å². The van der Waals surface area contributed by atoms with Crippen LogP contribution in [-0.4, -0.2) is 12.3 Å². The van der Waals surface area contributed by atoms with E-state index in [0.717, 1.165) is 24.8 Å². The summed E-state index contributed by atoms with van der Waals surface area (Å²) < 4.78 is 0. The van der Waals surface area contributed by atoms with Crippen LogP contribution in [0.1, 0.15) is 42.1 Å². The minimum Gasteiger partial charge on any atom is -0.330 e. The van der Waals surface area contributed by atoms with Gasteiger partial charge in [-0.1, -0.05) is 31.5 Å². The highest BCUT2D eigenvalue weighted by atomic mass is 16.1. The van der Waals surface area contributed by atoms with Gasteiger partial charge in [-0.25, -0.2) is 0 Å². The van der Waals surface area contributed by atoms with Gasteiger partial charge in [0.05, 0.1) is 0 Å². The highest BCUT2D eigenvalue weighted by Crippen LogP contribution is 2.10. The quantitative estimate of drug-likeness (QED) is 0.725. The summed E-state index contributed by atoms with van der Waals surface area (Å²) in [5.74, 6) is 0.207. The summed E-state index contributed by atoms with van der Waals surface area (Å²) in [6.45, 7) is 2.73. The molecule has 0 heterocycles. The monoisotopic (exact) mass is 205 g/mol. The summed E-state index contributed by atoms with van der Waals surface area (Å²) in [5.41, 5.74) is 7.45. The van der Waals surface area contributed by atoms with Crippen LogP contribution < -0.4 is 5.73 Å². The van der Waals surface area contributed by atoms with Crippen molar-refractivity contribution in [3.8, 4) is 0 Å². The maximum Gasteiger partial charge on any atom is 0.162 e. The number of rotatable bonds is 6. The summed E-state index contributed by atoms with van der Waals surface area (Å²) in [4.78, 5) is 11.7. The van der Waals surface area contributed by atoms with E-state index in [1.165, 1.54) is 5.56 Å². The molecule has 0 spiro atoms. The second-order valence-electron chi connectivity index (χ2n) is 3.77. The van der Waals surface area contributed by atoms with Gasteiger partial charge in [0, 0.05) is 12.0 Å². The van der Waals surface area contributed by atoms with Crippen molar-refractivity contribution in [2.24, 2.45) is 5.73 Å². The first-order chi connectivity index (χ1) is 7.27. The molecule has 0 saturated heterocycles. The second-order valence-corrected chi connectivity index (χ2v) is 3.77. The van der Waals surface area contributed by atoms with Crippen molar-refractivity contribution in [2.45, 2.75) is 32.6 Å². The summed E-state index contributed by atoms with van der Waals surface area (Å²) in [6, 6.07) is 7.92. The first-order valence-electron chi connectivity index (χ1n) is 5.60. The lowest BCUT2D eigenvalue weighted by atomic mass is 10.0. The molecule has 0 aromatic heterocycles. The Kier molecular flexibility index (Phi) is 5.05.